The number of benzene rings is 2. The number of rotatable bonds is 6. The van der Waals surface area contributed by atoms with Crippen LogP contribution in [0.15, 0.2) is 47.5 Å². The van der Waals surface area contributed by atoms with Gasteiger partial charge in [-0.25, -0.2) is 4.39 Å². The molecule has 8 nitrogen and oxygen atoms in total. The zero-order valence-corrected chi connectivity index (χ0v) is 17.2. The standard InChI is InChI=1S/C21H26FN5O3/c1-23-21(24-14-16-4-3-5-18(12-16)27(28)29)26-10-8-25(9-11-26)15-17-6-7-20(30-2)19(22)13-17/h3-7,12-13H,8-11,14-15H2,1-2H3,(H,23,24). The van der Waals surface area contributed by atoms with Gasteiger partial charge >= 0.3 is 0 Å². The van der Waals surface area contributed by atoms with E-state index >= 15 is 0 Å². The van der Waals surface area contributed by atoms with Crippen LogP contribution in [0.25, 0.3) is 0 Å². The molecule has 2 aromatic carbocycles. The van der Waals surface area contributed by atoms with E-state index in [0.717, 1.165) is 43.3 Å². The maximum absolute atomic E-state index is 13.9. The van der Waals surface area contributed by atoms with Crippen LogP contribution in [0.3, 0.4) is 0 Å². The number of halogens is 1. The summed E-state index contributed by atoms with van der Waals surface area (Å²) in [7, 11) is 3.18. The number of guanidine groups is 1. The third-order valence-corrected chi connectivity index (χ3v) is 5.08. The van der Waals surface area contributed by atoms with E-state index in [2.05, 4.69) is 20.1 Å². The Bertz CT molecular complexity index is 913. The fourth-order valence-corrected chi connectivity index (χ4v) is 3.48. The average Bonchev–Trinajstić information content (AvgIpc) is 2.75. The van der Waals surface area contributed by atoms with Crippen LogP contribution in [0.1, 0.15) is 11.1 Å². The number of nitrogens with zero attached hydrogens (tertiary/aromatic N) is 4. The lowest BCUT2D eigenvalue weighted by Crippen LogP contribution is -2.52. The highest BCUT2D eigenvalue weighted by atomic mass is 19.1. The van der Waals surface area contributed by atoms with Gasteiger partial charge in [0.15, 0.2) is 17.5 Å². The van der Waals surface area contributed by atoms with Crippen molar-refractivity contribution in [2.24, 2.45) is 4.99 Å². The monoisotopic (exact) mass is 415 g/mol. The molecule has 0 aromatic heterocycles. The lowest BCUT2D eigenvalue weighted by molar-refractivity contribution is -0.384. The minimum atomic E-state index is -0.397. The third kappa shape index (κ3) is 5.44. The van der Waals surface area contributed by atoms with E-state index in [1.165, 1.54) is 19.2 Å². The highest BCUT2D eigenvalue weighted by Gasteiger charge is 2.20. The molecular formula is C21H26FN5O3. The first-order valence-electron chi connectivity index (χ1n) is 9.74. The van der Waals surface area contributed by atoms with Crippen LogP contribution >= 0.6 is 0 Å². The summed E-state index contributed by atoms with van der Waals surface area (Å²) in [6.07, 6.45) is 0. The lowest BCUT2D eigenvalue weighted by atomic mass is 10.2. The fraction of sp³-hybridized carbons (Fsp3) is 0.381. The maximum Gasteiger partial charge on any atom is 0.269 e. The zero-order chi connectivity index (χ0) is 21.5. The van der Waals surface area contributed by atoms with Gasteiger partial charge in [-0.05, 0) is 23.3 Å². The van der Waals surface area contributed by atoms with Crippen molar-refractivity contribution in [3.63, 3.8) is 0 Å². The summed E-state index contributed by atoms with van der Waals surface area (Å²) in [6.45, 7) is 4.35. The Labute approximate surface area is 175 Å². The van der Waals surface area contributed by atoms with E-state index in [-0.39, 0.29) is 17.3 Å². The molecule has 1 aliphatic heterocycles. The SMILES string of the molecule is CN=C(NCc1cccc([N+](=O)[O-])c1)N1CCN(Cc2ccc(OC)c(F)c2)CC1. The van der Waals surface area contributed by atoms with Gasteiger partial charge in [-0.3, -0.25) is 20.0 Å². The number of methoxy groups -OCH3 is 1. The molecule has 160 valence electrons. The van der Waals surface area contributed by atoms with Gasteiger partial charge in [0.05, 0.1) is 12.0 Å². The summed E-state index contributed by atoms with van der Waals surface area (Å²) in [5.74, 6) is 0.665. The van der Waals surface area contributed by atoms with E-state index in [1.807, 2.05) is 12.1 Å². The molecule has 30 heavy (non-hydrogen) atoms. The molecule has 1 saturated heterocycles. The van der Waals surface area contributed by atoms with Crippen molar-refractivity contribution in [2.75, 3.05) is 40.3 Å². The van der Waals surface area contributed by atoms with Crippen molar-refractivity contribution >= 4 is 11.6 Å². The molecule has 0 bridgehead atoms. The number of nitro benzene ring substituents is 1. The van der Waals surface area contributed by atoms with Crippen LogP contribution in [0.2, 0.25) is 0 Å². The summed E-state index contributed by atoms with van der Waals surface area (Å²) in [5, 5.41) is 14.2. The molecule has 0 unspecified atom stereocenters. The number of hydrogen-bond acceptors (Lipinski definition) is 5. The summed E-state index contributed by atoms with van der Waals surface area (Å²) >= 11 is 0. The third-order valence-electron chi connectivity index (χ3n) is 5.08. The summed E-state index contributed by atoms with van der Waals surface area (Å²) < 4.78 is 18.9. The molecule has 0 amide bonds. The summed E-state index contributed by atoms with van der Waals surface area (Å²) in [6, 6.07) is 11.6. The van der Waals surface area contributed by atoms with Crippen molar-refractivity contribution < 1.29 is 14.1 Å². The maximum atomic E-state index is 13.9. The van der Waals surface area contributed by atoms with Gasteiger partial charge in [0.1, 0.15) is 0 Å². The Morgan fingerprint density at radius 1 is 1.20 bits per heavy atom. The molecule has 0 saturated carbocycles. The Balaban J connectivity index is 1.51. The number of aliphatic imine (C=N–C) groups is 1. The topological polar surface area (TPSA) is 83.2 Å². The van der Waals surface area contributed by atoms with Gasteiger partial charge < -0.3 is 15.0 Å². The highest BCUT2D eigenvalue weighted by Crippen LogP contribution is 2.19. The van der Waals surface area contributed by atoms with Crippen LogP contribution < -0.4 is 10.1 Å². The molecule has 1 fully saturated rings. The molecule has 1 aliphatic rings. The van der Waals surface area contributed by atoms with Crippen molar-refractivity contribution in [3.05, 3.63) is 69.5 Å². The molecule has 0 radical (unpaired) electrons. The van der Waals surface area contributed by atoms with Crippen LogP contribution in [0.4, 0.5) is 10.1 Å². The molecule has 3 rings (SSSR count). The minimum absolute atomic E-state index is 0.0767. The predicted molar refractivity (Wildman–Crippen MR) is 113 cm³/mol. The Kier molecular flexibility index (Phi) is 7.18. The van der Waals surface area contributed by atoms with E-state index in [0.29, 0.717) is 13.1 Å². The summed E-state index contributed by atoms with van der Waals surface area (Å²) in [4.78, 5) is 19.3. The van der Waals surface area contributed by atoms with Gasteiger partial charge in [-0.15, -0.1) is 0 Å². The second-order valence-electron chi connectivity index (χ2n) is 7.06. The van der Waals surface area contributed by atoms with Crippen LogP contribution in [0.5, 0.6) is 5.75 Å². The second kappa shape index (κ2) is 10.0. The van der Waals surface area contributed by atoms with Crippen molar-refractivity contribution in [3.8, 4) is 5.75 Å². The van der Waals surface area contributed by atoms with Crippen molar-refractivity contribution in [1.29, 1.82) is 0 Å². The van der Waals surface area contributed by atoms with Crippen LogP contribution in [-0.4, -0.2) is 61.0 Å². The van der Waals surface area contributed by atoms with Gasteiger partial charge in [-0.1, -0.05) is 18.2 Å². The number of ether oxygens (including phenoxy) is 1. The molecule has 2 aromatic rings. The van der Waals surface area contributed by atoms with Gasteiger partial charge in [-0.2, -0.15) is 0 Å². The number of piperazine rings is 1. The number of non-ortho nitro benzene ring substituents is 1. The van der Waals surface area contributed by atoms with Gasteiger partial charge in [0.25, 0.3) is 5.69 Å². The first-order chi connectivity index (χ1) is 14.5. The molecule has 1 N–H and O–H groups in total. The van der Waals surface area contributed by atoms with E-state index < -0.39 is 4.92 Å². The normalized spacial score (nSPS) is 15.2. The highest BCUT2D eigenvalue weighted by molar-refractivity contribution is 5.80. The molecule has 0 atom stereocenters. The minimum Gasteiger partial charge on any atom is -0.494 e. The zero-order valence-electron chi connectivity index (χ0n) is 17.2. The number of hydrogen-bond donors (Lipinski definition) is 1. The van der Waals surface area contributed by atoms with E-state index in [1.54, 1.807) is 25.2 Å². The van der Waals surface area contributed by atoms with E-state index in [9.17, 15) is 14.5 Å². The molecular weight excluding hydrogens is 389 g/mol. The Hall–Kier alpha value is -3.20. The Morgan fingerprint density at radius 3 is 2.60 bits per heavy atom. The first-order valence-corrected chi connectivity index (χ1v) is 9.74. The van der Waals surface area contributed by atoms with Gasteiger partial charge in [0.2, 0.25) is 0 Å². The molecule has 1 heterocycles. The summed E-state index contributed by atoms with van der Waals surface area (Å²) in [5.41, 5.74) is 1.81. The molecule has 0 spiro atoms. The largest absolute Gasteiger partial charge is 0.494 e. The smallest absolute Gasteiger partial charge is 0.269 e. The number of nitrogens with one attached hydrogen (secondary N) is 1. The Morgan fingerprint density at radius 2 is 1.97 bits per heavy atom. The van der Waals surface area contributed by atoms with Gasteiger partial charge in [0, 0.05) is 58.4 Å². The van der Waals surface area contributed by atoms with Crippen LogP contribution in [-0.2, 0) is 13.1 Å². The molecule has 0 aliphatic carbocycles. The quantitative estimate of drug-likeness (QED) is 0.338. The van der Waals surface area contributed by atoms with Crippen molar-refractivity contribution in [1.82, 2.24) is 15.1 Å². The van der Waals surface area contributed by atoms with Crippen LogP contribution in [0, 0.1) is 15.9 Å². The first kappa shape index (κ1) is 21.5. The molecule has 9 heteroatoms. The predicted octanol–water partition coefficient (Wildman–Crippen LogP) is 2.64. The lowest BCUT2D eigenvalue weighted by Gasteiger charge is -2.36. The van der Waals surface area contributed by atoms with E-state index in [4.69, 9.17) is 4.74 Å². The average molecular weight is 415 g/mol. The number of nitro groups is 1. The van der Waals surface area contributed by atoms with Crippen molar-refractivity contribution in [2.45, 2.75) is 13.1 Å². The second-order valence-corrected chi connectivity index (χ2v) is 7.06. The fourth-order valence-electron chi connectivity index (χ4n) is 3.48.